The quantitative estimate of drug-likeness (QED) is 0.252. The maximum Gasteiger partial charge on any atom is 0.262 e. The van der Waals surface area contributed by atoms with Crippen LogP contribution in [0.4, 0.5) is 23.2 Å². The van der Waals surface area contributed by atoms with Gasteiger partial charge in [-0.1, -0.05) is 6.07 Å². The van der Waals surface area contributed by atoms with E-state index >= 15 is 8.78 Å². The van der Waals surface area contributed by atoms with Crippen molar-refractivity contribution in [3.8, 4) is 5.75 Å². The lowest BCUT2D eigenvalue weighted by molar-refractivity contribution is -0.138. The second-order valence-corrected chi connectivity index (χ2v) is 17.1. The molecule has 3 fully saturated rings. The maximum absolute atomic E-state index is 16.1. The van der Waals surface area contributed by atoms with Gasteiger partial charge in [-0.05, 0) is 104 Å². The minimum Gasteiger partial charge on any atom is -0.508 e. The van der Waals surface area contributed by atoms with Gasteiger partial charge in [-0.25, -0.2) is 17.6 Å². The van der Waals surface area contributed by atoms with Crippen LogP contribution >= 0.6 is 0 Å². The number of likely N-dealkylation sites (tertiary alicyclic amines) is 1. The highest BCUT2D eigenvalue weighted by Crippen LogP contribution is 2.43. The molecule has 316 valence electrons. The Kier molecular flexibility index (Phi) is 10.4. The summed E-state index contributed by atoms with van der Waals surface area (Å²) in [6.07, 6.45) is 0.309. The minimum atomic E-state index is -2.72. The largest absolute Gasteiger partial charge is 0.508 e. The predicted molar refractivity (Wildman–Crippen MR) is 209 cm³/mol. The van der Waals surface area contributed by atoms with Gasteiger partial charge in [0.05, 0.1) is 23.7 Å². The minimum absolute atomic E-state index is 0.00782. The van der Waals surface area contributed by atoms with E-state index in [4.69, 9.17) is 0 Å². The molecule has 12 nitrogen and oxygen atoms in total. The van der Waals surface area contributed by atoms with Crippen LogP contribution < -0.4 is 10.2 Å². The molecule has 6 aliphatic rings. The Morgan fingerprint density at radius 1 is 0.833 bits per heavy atom. The van der Waals surface area contributed by atoms with Crippen molar-refractivity contribution >= 4 is 35.2 Å². The van der Waals surface area contributed by atoms with Gasteiger partial charge in [0.1, 0.15) is 23.4 Å². The third-order valence-corrected chi connectivity index (χ3v) is 13.5. The van der Waals surface area contributed by atoms with E-state index in [0.717, 1.165) is 28.9 Å². The predicted octanol–water partition coefficient (Wildman–Crippen LogP) is 4.90. The van der Waals surface area contributed by atoms with Crippen LogP contribution in [-0.2, 0) is 33.9 Å². The van der Waals surface area contributed by atoms with Crippen LogP contribution in [0.25, 0.3) is 0 Å². The molecule has 2 N–H and O–H groups in total. The molecule has 6 aliphatic heterocycles. The molecule has 3 aromatic rings. The van der Waals surface area contributed by atoms with Crippen LogP contribution in [0.15, 0.2) is 42.5 Å². The standard InChI is InChI=1S/C44H46F4N6O6/c1-23-14-25-15-30(55)2-3-31(25)40(53(23)22-37(47)48)39-34(45)18-29(19-35(39)46)50-10-6-24(7-11-50)42(58)51-12-8-28(9-13-51)52-20-26-16-32-33(17-27(26)21-52)44(60)54(43(32)59)36-4-5-38(56)49-41(36)57/h2-3,15-19,23-24,28,36-37,40,55H,4-14,20-22H2,1H3,(H,49,56,57)/t23-,36?,40+/m1/s1. The Bertz CT molecular complexity index is 2220. The first-order chi connectivity index (χ1) is 28.7. The van der Waals surface area contributed by atoms with Crippen molar-refractivity contribution in [2.24, 2.45) is 5.92 Å². The zero-order chi connectivity index (χ0) is 42.1. The Labute approximate surface area is 344 Å². The summed E-state index contributed by atoms with van der Waals surface area (Å²) in [4.78, 5) is 73.0. The number of aromatic hydroxyl groups is 1. The molecule has 60 heavy (non-hydrogen) atoms. The van der Waals surface area contributed by atoms with Gasteiger partial charge in [0.2, 0.25) is 17.7 Å². The molecule has 6 heterocycles. The van der Waals surface area contributed by atoms with Crippen molar-refractivity contribution in [3.05, 3.63) is 93.0 Å². The van der Waals surface area contributed by atoms with Crippen LogP contribution in [0.3, 0.4) is 0 Å². The van der Waals surface area contributed by atoms with Gasteiger partial charge in [0, 0.05) is 74.9 Å². The smallest absolute Gasteiger partial charge is 0.262 e. The number of carbonyl (C=O) groups is 5. The molecule has 0 bridgehead atoms. The van der Waals surface area contributed by atoms with Crippen molar-refractivity contribution in [1.82, 2.24) is 24.9 Å². The molecule has 9 rings (SSSR count). The lowest BCUT2D eigenvalue weighted by Crippen LogP contribution is -2.54. The van der Waals surface area contributed by atoms with E-state index < -0.39 is 66.4 Å². The Hall–Kier alpha value is -5.35. The summed E-state index contributed by atoms with van der Waals surface area (Å²) in [5, 5.41) is 12.3. The van der Waals surface area contributed by atoms with Crippen LogP contribution in [0.5, 0.6) is 5.75 Å². The molecule has 0 aromatic heterocycles. The van der Waals surface area contributed by atoms with Crippen molar-refractivity contribution in [3.63, 3.8) is 0 Å². The fraction of sp³-hybridized carbons (Fsp3) is 0.477. The van der Waals surface area contributed by atoms with E-state index in [9.17, 15) is 37.9 Å². The van der Waals surface area contributed by atoms with Crippen LogP contribution in [0, 0.1) is 17.6 Å². The molecule has 5 amide bonds. The summed E-state index contributed by atoms with van der Waals surface area (Å²) in [5.41, 5.74) is 3.58. The summed E-state index contributed by atoms with van der Waals surface area (Å²) in [5.74, 6) is -3.98. The number of hydrogen-bond donors (Lipinski definition) is 2. The van der Waals surface area contributed by atoms with E-state index in [2.05, 4.69) is 10.2 Å². The number of benzene rings is 3. The first kappa shape index (κ1) is 40.1. The third kappa shape index (κ3) is 7.10. The number of nitrogens with one attached hydrogen (secondary N) is 1. The maximum atomic E-state index is 16.1. The number of imide groups is 2. The number of nitrogens with zero attached hydrogens (tertiary/aromatic N) is 5. The zero-order valence-electron chi connectivity index (χ0n) is 33.1. The highest BCUT2D eigenvalue weighted by atomic mass is 19.3. The van der Waals surface area contributed by atoms with Crippen LogP contribution in [0.2, 0.25) is 0 Å². The second kappa shape index (κ2) is 15.6. The summed E-state index contributed by atoms with van der Waals surface area (Å²) in [6.45, 7) is 4.23. The fourth-order valence-electron chi connectivity index (χ4n) is 10.4. The molecule has 0 radical (unpaired) electrons. The lowest BCUT2D eigenvalue weighted by atomic mass is 9.84. The number of fused-ring (bicyclic) bond motifs is 3. The number of carbonyl (C=O) groups excluding carboxylic acids is 5. The summed E-state index contributed by atoms with van der Waals surface area (Å²) < 4.78 is 59.6. The topological polar surface area (TPSA) is 134 Å². The summed E-state index contributed by atoms with van der Waals surface area (Å²) in [7, 11) is 0. The average molecular weight is 831 g/mol. The van der Waals surface area contributed by atoms with Gasteiger partial charge in [0.25, 0.3) is 18.2 Å². The number of amides is 5. The number of phenolic OH excluding ortho intramolecular Hbond substituents is 1. The van der Waals surface area contributed by atoms with Gasteiger partial charge >= 0.3 is 0 Å². The normalized spacial score (nSPS) is 24.3. The van der Waals surface area contributed by atoms with Crippen LogP contribution in [0.1, 0.15) is 100 Å². The number of phenols is 1. The van der Waals surface area contributed by atoms with Gasteiger partial charge in [-0.3, -0.25) is 44.0 Å². The van der Waals surface area contributed by atoms with Gasteiger partial charge in [0.15, 0.2) is 0 Å². The van der Waals surface area contributed by atoms with E-state index in [1.807, 2.05) is 9.80 Å². The number of halogens is 4. The fourth-order valence-corrected chi connectivity index (χ4v) is 10.4. The highest BCUT2D eigenvalue weighted by Gasteiger charge is 2.46. The average Bonchev–Trinajstić information content (AvgIpc) is 3.74. The van der Waals surface area contributed by atoms with E-state index in [0.29, 0.717) is 75.3 Å². The molecule has 0 spiro atoms. The second-order valence-electron chi connectivity index (χ2n) is 17.1. The number of piperidine rings is 3. The molecule has 0 saturated carbocycles. The Morgan fingerprint density at radius 3 is 2.07 bits per heavy atom. The highest BCUT2D eigenvalue weighted by molar-refractivity contribution is 6.23. The molecule has 3 atom stereocenters. The first-order valence-corrected chi connectivity index (χ1v) is 20.8. The Balaban J connectivity index is 0.799. The SMILES string of the molecule is C[C@@H]1Cc2cc(O)ccc2[C@@H](c2c(F)cc(N3CCC(C(=O)N4CCC(N5Cc6cc7c(cc6C5)C(=O)N(C5CCC(=O)NC5=O)C7=O)CC4)CC3)cc2F)N1CC(F)F. The zero-order valence-corrected chi connectivity index (χ0v) is 33.1. The monoisotopic (exact) mass is 830 g/mol. The molecule has 3 aromatic carbocycles. The molecule has 0 aliphatic carbocycles. The molecular weight excluding hydrogens is 785 g/mol. The number of alkyl halides is 2. The van der Waals surface area contributed by atoms with Crippen molar-refractivity contribution < 1.29 is 46.6 Å². The molecule has 1 unspecified atom stereocenters. The van der Waals surface area contributed by atoms with E-state index in [1.165, 1.54) is 29.2 Å². The number of anilines is 1. The molecular formula is C44H46F4N6O6. The molecule has 3 saturated heterocycles. The van der Waals surface area contributed by atoms with Gasteiger partial charge < -0.3 is 14.9 Å². The van der Waals surface area contributed by atoms with Gasteiger partial charge in [-0.15, -0.1) is 0 Å². The number of rotatable bonds is 7. The summed E-state index contributed by atoms with van der Waals surface area (Å²) in [6, 6.07) is 8.10. The van der Waals surface area contributed by atoms with Crippen molar-refractivity contribution in [2.45, 2.75) is 95.6 Å². The third-order valence-electron chi connectivity index (χ3n) is 13.5. The van der Waals surface area contributed by atoms with Crippen LogP contribution in [-0.4, -0.2) is 112 Å². The first-order valence-electron chi connectivity index (χ1n) is 20.8. The number of hydrogen-bond acceptors (Lipinski definition) is 9. The van der Waals surface area contributed by atoms with Gasteiger partial charge in [-0.2, -0.15) is 0 Å². The van der Waals surface area contributed by atoms with E-state index in [-0.39, 0.29) is 53.1 Å². The van der Waals surface area contributed by atoms with Crippen molar-refractivity contribution in [1.29, 1.82) is 0 Å². The van der Waals surface area contributed by atoms with Crippen molar-refractivity contribution in [2.75, 3.05) is 37.6 Å². The Morgan fingerprint density at radius 2 is 1.47 bits per heavy atom. The summed E-state index contributed by atoms with van der Waals surface area (Å²) >= 11 is 0. The lowest BCUT2D eigenvalue weighted by Gasteiger charge is -2.42. The molecule has 16 heteroatoms. The van der Waals surface area contributed by atoms with E-state index in [1.54, 1.807) is 25.1 Å².